The lowest BCUT2D eigenvalue weighted by atomic mass is 10.0. The molecule has 0 saturated heterocycles. The third-order valence-electron chi connectivity index (χ3n) is 6.80. The van der Waals surface area contributed by atoms with Crippen LogP contribution in [0.3, 0.4) is 0 Å². The van der Waals surface area contributed by atoms with Gasteiger partial charge in [-0.15, -0.1) is 0 Å². The number of anilines is 1. The Balaban J connectivity index is 1.22. The Hall–Kier alpha value is -3.26. The molecule has 1 atom stereocenters. The van der Waals surface area contributed by atoms with Gasteiger partial charge in [0.15, 0.2) is 0 Å². The van der Waals surface area contributed by atoms with Crippen molar-refractivity contribution >= 4 is 17.5 Å². The molecule has 0 aromatic heterocycles. The molecule has 0 bridgehead atoms. The van der Waals surface area contributed by atoms with Gasteiger partial charge in [-0.05, 0) is 36.6 Å². The van der Waals surface area contributed by atoms with Gasteiger partial charge >= 0.3 is 0 Å². The SMILES string of the molecule is CCC(CCOCCOCCOCCOCCNC(=O)CCC(=O)N1Cc2ccccc2C#Cc2ccccc21)OC. The van der Waals surface area contributed by atoms with Gasteiger partial charge in [0.1, 0.15) is 0 Å². The average Bonchev–Trinajstić information content (AvgIpc) is 3.01. The third-order valence-corrected chi connectivity index (χ3v) is 6.80. The van der Waals surface area contributed by atoms with E-state index in [1.807, 2.05) is 48.5 Å². The van der Waals surface area contributed by atoms with Crippen molar-refractivity contribution in [3.63, 3.8) is 0 Å². The van der Waals surface area contributed by atoms with Crippen molar-refractivity contribution in [2.45, 2.75) is 45.3 Å². The van der Waals surface area contributed by atoms with Crippen LogP contribution in [0.2, 0.25) is 0 Å². The molecule has 1 N–H and O–H groups in total. The number of hydrogen-bond donors (Lipinski definition) is 1. The highest BCUT2D eigenvalue weighted by Crippen LogP contribution is 2.26. The van der Waals surface area contributed by atoms with Crippen LogP contribution in [0.4, 0.5) is 5.69 Å². The van der Waals surface area contributed by atoms with Gasteiger partial charge in [0.25, 0.3) is 0 Å². The average molecular weight is 581 g/mol. The predicted octanol–water partition coefficient (Wildman–Crippen LogP) is 3.71. The summed E-state index contributed by atoms with van der Waals surface area (Å²) in [5.41, 5.74) is 3.44. The fraction of sp³-hybridized carbons (Fsp3) is 0.515. The molecule has 3 rings (SSSR count). The van der Waals surface area contributed by atoms with Gasteiger partial charge in [-0.2, -0.15) is 0 Å². The number of carbonyl (C=O) groups is 2. The second-order valence-electron chi connectivity index (χ2n) is 9.76. The third kappa shape index (κ3) is 11.9. The normalized spacial score (nSPS) is 12.8. The van der Waals surface area contributed by atoms with Crippen molar-refractivity contribution in [1.29, 1.82) is 0 Å². The summed E-state index contributed by atoms with van der Waals surface area (Å²) in [5.74, 6) is 6.10. The Kier molecular flexibility index (Phi) is 15.7. The molecule has 1 aliphatic heterocycles. The highest BCUT2D eigenvalue weighted by Gasteiger charge is 2.21. The Bertz CT molecular complexity index is 1160. The van der Waals surface area contributed by atoms with Crippen LogP contribution >= 0.6 is 0 Å². The number of carbonyl (C=O) groups excluding carboxylic acids is 2. The van der Waals surface area contributed by atoms with Crippen LogP contribution in [-0.4, -0.2) is 84.4 Å². The van der Waals surface area contributed by atoms with Gasteiger partial charge in [0, 0.05) is 44.2 Å². The number of nitrogens with one attached hydrogen (secondary N) is 1. The molecule has 0 saturated carbocycles. The topological polar surface area (TPSA) is 95.6 Å². The maximum Gasteiger partial charge on any atom is 0.227 e. The summed E-state index contributed by atoms with van der Waals surface area (Å²) in [7, 11) is 1.72. The van der Waals surface area contributed by atoms with Crippen LogP contribution in [-0.2, 0) is 39.8 Å². The number of para-hydroxylation sites is 1. The van der Waals surface area contributed by atoms with E-state index >= 15 is 0 Å². The van der Waals surface area contributed by atoms with Gasteiger partial charge in [-0.1, -0.05) is 49.1 Å². The fourth-order valence-electron chi connectivity index (χ4n) is 4.38. The van der Waals surface area contributed by atoms with E-state index in [0.29, 0.717) is 65.9 Å². The van der Waals surface area contributed by atoms with E-state index in [1.165, 1.54) is 0 Å². The van der Waals surface area contributed by atoms with E-state index in [-0.39, 0.29) is 30.8 Å². The molecule has 42 heavy (non-hydrogen) atoms. The molecular formula is C33H44N2O7. The molecular weight excluding hydrogens is 536 g/mol. The first-order chi connectivity index (χ1) is 20.6. The van der Waals surface area contributed by atoms with E-state index < -0.39 is 0 Å². The quantitative estimate of drug-likeness (QED) is 0.189. The number of ether oxygens (including phenoxy) is 5. The van der Waals surface area contributed by atoms with Crippen molar-refractivity contribution in [2.24, 2.45) is 0 Å². The van der Waals surface area contributed by atoms with Crippen LogP contribution in [0.5, 0.6) is 0 Å². The van der Waals surface area contributed by atoms with Crippen LogP contribution in [0, 0.1) is 11.8 Å². The number of benzene rings is 2. The van der Waals surface area contributed by atoms with E-state index in [1.54, 1.807) is 12.0 Å². The zero-order chi connectivity index (χ0) is 29.8. The molecule has 2 aromatic rings. The summed E-state index contributed by atoms with van der Waals surface area (Å²) >= 11 is 0. The molecule has 0 fully saturated rings. The molecule has 1 aliphatic rings. The molecule has 0 aliphatic carbocycles. The molecule has 9 nitrogen and oxygen atoms in total. The van der Waals surface area contributed by atoms with Crippen LogP contribution in [0.25, 0.3) is 0 Å². The van der Waals surface area contributed by atoms with Crippen LogP contribution in [0.15, 0.2) is 48.5 Å². The summed E-state index contributed by atoms with van der Waals surface area (Å²) < 4.78 is 27.3. The minimum atomic E-state index is -0.186. The standard InChI is InChI=1S/C33H44N2O7/c1-3-30(38-2)16-18-39-20-22-41-24-25-42-23-21-40-19-17-34-32(36)14-15-33(37)35-26-29-10-5-4-8-27(29)12-13-28-9-6-7-11-31(28)35/h4-11,30H,3,14-26H2,1-2H3,(H,34,36). The van der Waals surface area contributed by atoms with Crippen molar-refractivity contribution in [3.8, 4) is 11.8 Å². The van der Waals surface area contributed by atoms with Gasteiger partial charge in [-0.25, -0.2) is 0 Å². The molecule has 228 valence electrons. The molecule has 2 aromatic carbocycles. The Morgan fingerprint density at radius 2 is 1.40 bits per heavy atom. The molecule has 9 heteroatoms. The number of fused-ring (bicyclic) bond motifs is 2. The number of hydrogen-bond acceptors (Lipinski definition) is 7. The number of amides is 2. The first kappa shape index (κ1) is 33.2. The second-order valence-corrected chi connectivity index (χ2v) is 9.76. The van der Waals surface area contributed by atoms with Crippen molar-refractivity contribution in [1.82, 2.24) is 5.32 Å². The zero-order valence-corrected chi connectivity index (χ0v) is 24.9. The van der Waals surface area contributed by atoms with Crippen LogP contribution < -0.4 is 10.2 Å². The number of rotatable bonds is 20. The highest BCUT2D eigenvalue weighted by molar-refractivity contribution is 5.96. The number of nitrogens with zero attached hydrogens (tertiary/aromatic N) is 1. The number of methoxy groups -OCH3 is 1. The zero-order valence-electron chi connectivity index (χ0n) is 24.9. The van der Waals surface area contributed by atoms with Gasteiger partial charge < -0.3 is 33.9 Å². The smallest absolute Gasteiger partial charge is 0.227 e. The molecule has 0 spiro atoms. The van der Waals surface area contributed by atoms with Crippen molar-refractivity contribution in [2.75, 3.05) is 71.4 Å². The lowest BCUT2D eigenvalue weighted by Crippen LogP contribution is -2.34. The van der Waals surface area contributed by atoms with Crippen molar-refractivity contribution in [3.05, 3.63) is 65.2 Å². The van der Waals surface area contributed by atoms with Crippen molar-refractivity contribution < 1.29 is 33.3 Å². The lowest BCUT2D eigenvalue weighted by Gasteiger charge is -2.26. The van der Waals surface area contributed by atoms with Gasteiger partial charge in [-0.3, -0.25) is 9.59 Å². The van der Waals surface area contributed by atoms with Crippen LogP contribution in [0.1, 0.15) is 49.3 Å². The fourth-order valence-corrected chi connectivity index (χ4v) is 4.38. The Labute approximate surface area is 249 Å². The van der Waals surface area contributed by atoms with E-state index in [0.717, 1.165) is 35.2 Å². The molecule has 1 unspecified atom stereocenters. The first-order valence-electron chi connectivity index (χ1n) is 14.7. The van der Waals surface area contributed by atoms with Gasteiger partial charge in [0.05, 0.1) is 64.6 Å². The summed E-state index contributed by atoms with van der Waals surface area (Å²) in [5, 5.41) is 2.81. The Morgan fingerprint density at radius 1 is 0.810 bits per heavy atom. The summed E-state index contributed by atoms with van der Waals surface area (Å²) in [6, 6.07) is 15.4. The largest absolute Gasteiger partial charge is 0.381 e. The van der Waals surface area contributed by atoms with Gasteiger partial charge in [0.2, 0.25) is 11.8 Å². The maximum atomic E-state index is 13.2. The summed E-state index contributed by atoms with van der Waals surface area (Å²) in [6.07, 6.45) is 2.33. The maximum absolute atomic E-state index is 13.2. The van der Waals surface area contributed by atoms with E-state index in [4.69, 9.17) is 23.7 Å². The highest BCUT2D eigenvalue weighted by atomic mass is 16.6. The minimum Gasteiger partial charge on any atom is -0.381 e. The van der Waals surface area contributed by atoms with E-state index in [2.05, 4.69) is 24.1 Å². The lowest BCUT2D eigenvalue weighted by molar-refractivity contribution is -0.125. The minimum absolute atomic E-state index is 0.103. The molecule has 1 heterocycles. The molecule has 0 radical (unpaired) electrons. The first-order valence-corrected chi connectivity index (χ1v) is 14.7. The summed E-state index contributed by atoms with van der Waals surface area (Å²) in [4.78, 5) is 27.3. The summed E-state index contributed by atoms with van der Waals surface area (Å²) in [6.45, 7) is 6.85. The van der Waals surface area contributed by atoms with E-state index in [9.17, 15) is 9.59 Å². The Morgan fingerprint density at radius 3 is 2.10 bits per heavy atom. The molecule has 2 amide bonds. The predicted molar refractivity (Wildman–Crippen MR) is 161 cm³/mol. The second kappa shape index (κ2) is 19.8. The monoisotopic (exact) mass is 580 g/mol.